The van der Waals surface area contributed by atoms with Crippen LogP contribution >= 0.6 is 22.9 Å². The van der Waals surface area contributed by atoms with E-state index >= 15 is 0 Å². The smallest absolute Gasteiger partial charge is 0.270 e. The fraction of sp³-hybridized carbons (Fsp3) is 0.700. The van der Waals surface area contributed by atoms with Crippen LogP contribution in [0.15, 0.2) is 4.34 Å². The molecule has 0 radical (unpaired) electrons. The summed E-state index contributed by atoms with van der Waals surface area (Å²) in [4.78, 5) is 10.9. The van der Waals surface area contributed by atoms with E-state index in [2.05, 4.69) is 20.2 Å². The SMILES string of the molecule is CC(=O)Nc1nnc(S(=O)(=O)NC2(CCl)CCCC2)s1. The number of hydrogen-bond donors (Lipinski definition) is 2. The molecule has 7 nitrogen and oxygen atoms in total. The van der Waals surface area contributed by atoms with Crippen molar-refractivity contribution in [2.75, 3.05) is 11.2 Å². The van der Waals surface area contributed by atoms with Crippen LogP contribution in [0.3, 0.4) is 0 Å². The van der Waals surface area contributed by atoms with Gasteiger partial charge in [0, 0.05) is 18.3 Å². The van der Waals surface area contributed by atoms with Gasteiger partial charge in [0.1, 0.15) is 0 Å². The van der Waals surface area contributed by atoms with Gasteiger partial charge in [0.15, 0.2) is 0 Å². The molecule has 20 heavy (non-hydrogen) atoms. The van der Waals surface area contributed by atoms with Crippen molar-refractivity contribution >= 4 is 44.0 Å². The first-order valence-corrected chi connectivity index (χ1v) is 8.91. The highest BCUT2D eigenvalue weighted by Crippen LogP contribution is 2.33. The fourth-order valence-electron chi connectivity index (χ4n) is 2.16. The third kappa shape index (κ3) is 3.46. The molecule has 1 heterocycles. The van der Waals surface area contributed by atoms with Crippen molar-refractivity contribution in [3.05, 3.63) is 0 Å². The number of alkyl halides is 1. The molecule has 0 atom stereocenters. The Morgan fingerprint density at radius 2 is 2.05 bits per heavy atom. The highest BCUT2D eigenvalue weighted by atomic mass is 35.5. The summed E-state index contributed by atoms with van der Waals surface area (Å²) >= 11 is 6.73. The minimum absolute atomic E-state index is 0.157. The van der Waals surface area contributed by atoms with Crippen molar-refractivity contribution in [1.29, 1.82) is 0 Å². The molecule has 0 spiro atoms. The van der Waals surface area contributed by atoms with Crippen molar-refractivity contribution in [2.24, 2.45) is 0 Å². The Morgan fingerprint density at radius 3 is 2.60 bits per heavy atom. The summed E-state index contributed by atoms with van der Waals surface area (Å²) in [6.45, 7) is 1.31. The molecule has 0 aliphatic heterocycles. The summed E-state index contributed by atoms with van der Waals surface area (Å²) in [7, 11) is -3.77. The number of amides is 1. The summed E-state index contributed by atoms with van der Waals surface area (Å²) < 4.78 is 27.0. The van der Waals surface area contributed by atoms with E-state index in [1.165, 1.54) is 6.92 Å². The molecule has 1 aliphatic carbocycles. The zero-order chi connectivity index (χ0) is 14.8. The van der Waals surface area contributed by atoms with E-state index in [1.54, 1.807) is 0 Å². The predicted molar refractivity (Wildman–Crippen MR) is 76.5 cm³/mol. The summed E-state index contributed by atoms with van der Waals surface area (Å²) in [6, 6.07) is 0. The Balaban J connectivity index is 2.17. The number of carbonyl (C=O) groups is 1. The average molecular weight is 339 g/mol. The molecule has 1 fully saturated rings. The van der Waals surface area contributed by atoms with Gasteiger partial charge in [-0.1, -0.05) is 24.2 Å². The molecule has 0 bridgehead atoms. The first kappa shape index (κ1) is 15.6. The monoisotopic (exact) mass is 338 g/mol. The lowest BCUT2D eigenvalue weighted by Gasteiger charge is -2.26. The Labute approximate surface area is 126 Å². The fourth-order valence-corrected chi connectivity index (χ4v) is 4.98. The highest BCUT2D eigenvalue weighted by molar-refractivity contribution is 7.91. The quantitative estimate of drug-likeness (QED) is 0.623. The van der Waals surface area contributed by atoms with Gasteiger partial charge in [0.2, 0.25) is 15.4 Å². The van der Waals surface area contributed by atoms with Crippen LogP contribution < -0.4 is 10.0 Å². The van der Waals surface area contributed by atoms with Crippen molar-refractivity contribution in [2.45, 2.75) is 42.5 Å². The summed E-state index contributed by atoms with van der Waals surface area (Å²) in [6.07, 6.45) is 3.32. The van der Waals surface area contributed by atoms with Gasteiger partial charge in [-0.25, -0.2) is 13.1 Å². The van der Waals surface area contributed by atoms with Crippen LogP contribution in [-0.2, 0) is 14.8 Å². The molecule has 10 heteroatoms. The van der Waals surface area contributed by atoms with Crippen LogP contribution in [0.5, 0.6) is 0 Å². The van der Waals surface area contributed by atoms with E-state index in [1.807, 2.05) is 0 Å². The second-order valence-electron chi connectivity index (χ2n) is 4.78. The number of anilines is 1. The molecular formula is C10H15ClN4O3S2. The van der Waals surface area contributed by atoms with E-state index in [-0.39, 0.29) is 21.3 Å². The van der Waals surface area contributed by atoms with Crippen LogP contribution in [0, 0.1) is 0 Å². The molecule has 1 amide bonds. The number of nitrogens with zero attached hydrogens (tertiary/aromatic N) is 2. The standard InChI is InChI=1S/C10H15ClN4O3S2/c1-7(16)12-8-13-14-9(19-8)20(17,18)15-10(6-11)4-2-3-5-10/h15H,2-6H2,1H3,(H,12,13,16). The van der Waals surface area contributed by atoms with E-state index in [0.717, 1.165) is 24.2 Å². The first-order valence-electron chi connectivity index (χ1n) is 6.08. The van der Waals surface area contributed by atoms with Gasteiger partial charge < -0.3 is 5.32 Å². The molecule has 0 saturated heterocycles. The van der Waals surface area contributed by atoms with Gasteiger partial charge >= 0.3 is 0 Å². The molecule has 112 valence electrons. The molecule has 2 rings (SSSR count). The van der Waals surface area contributed by atoms with Gasteiger partial charge in [0.05, 0.1) is 0 Å². The molecule has 1 aromatic rings. The Hall–Kier alpha value is -0.770. The molecule has 1 aliphatic rings. The largest absolute Gasteiger partial charge is 0.301 e. The molecule has 0 unspecified atom stereocenters. The van der Waals surface area contributed by atoms with Gasteiger partial charge in [-0.05, 0) is 12.8 Å². The minimum Gasteiger partial charge on any atom is -0.301 e. The molecule has 0 aromatic carbocycles. The maximum absolute atomic E-state index is 12.3. The van der Waals surface area contributed by atoms with E-state index < -0.39 is 15.6 Å². The number of nitrogens with one attached hydrogen (secondary N) is 2. The lowest BCUT2D eigenvalue weighted by Crippen LogP contribution is -2.47. The Kier molecular flexibility index (Phi) is 4.62. The number of halogens is 1. The van der Waals surface area contributed by atoms with Gasteiger partial charge in [-0.3, -0.25) is 4.79 Å². The first-order chi connectivity index (χ1) is 9.37. The van der Waals surface area contributed by atoms with E-state index in [9.17, 15) is 13.2 Å². The second-order valence-corrected chi connectivity index (χ2v) is 7.88. The average Bonchev–Trinajstić information content (AvgIpc) is 2.98. The number of sulfonamides is 1. The van der Waals surface area contributed by atoms with Crippen LogP contribution in [-0.4, -0.2) is 35.9 Å². The third-order valence-electron chi connectivity index (χ3n) is 3.09. The second kappa shape index (κ2) is 5.92. The van der Waals surface area contributed by atoms with Crippen molar-refractivity contribution in [3.63, 3.8) is 0 Å². The minimum atomic E-state index is -3.77. The van der Waals surface area contributed by atoms with Gasteiger partial charge in [-0.2, -0.15) is 0 Å². The topological polar surface area (TPSA) is 101 Å². The maximum atomic E-state index is 12.3. The normalized spacial score (nSPS) is 18.1. The zero-order valence-electron chi connectivity index (χ0n) is 10.8. The van der Waals surface area contributed by atoms with Gasteiger partial charge in [-0.15, -0.1) is 21.8 Å². The van der Waals surface area contributed by atoms with E-state index in [0.29, 0.717) is 12.8 Å². The van der Waals surface area contributed by atoms with Crippen LogP contribution in [0.2, 0.25) is 0 Å². The van der Waals surface area contributed by atoms with Crippen molar-refractivity contribution in [3.8, 4) is 0 Å². The predicted octanol–water partition coefficient (Wildman–Crippen LogP) is 1.33. The van der Waals surface area contributed by atoms with Crippen LogP contribution in [0.25, 0.3) is 0 Å². The Bertz CT molecular complexity index is 595. The number of carbonyl (C=O) groups excluding carboxylic acids is 1. The maximum Gasteiger partial charge on any atom is 0.270 e. The number of aromatic nitrogens is 2. The number of rotatable bonds is 5. The summed E-state index contributed by atoms with van der Waals surface area (Å²) in [5, 5.41) is 9.80. The van der Waals surface area contributed by atoms with Gasteiger partial charge in [0.25, 0.3) is 10.0 Å². The summed E-state index contributed by atoms with van der Waals surface area (Å²) in [5.74, 6) is -0.102. The van der Waals surface area contributed by atoms with E-state index in [4.69, 9.17) is 11.6 Å². The van der Waals surface area contributed by atoms with Crippen LogP contribution in [0.4, 0.5) is 5.13 Å². The lowest BCUT2D eigenvalue weighted by molar-refractivity contribution is -0.114. The third-order valence-corrected chi connectivity index (χ3v) is 6.38. The molecule has 1 aromatic heterocycles. The van der Waals surface area contributed by atoms with Crippen molar-refractivity contribution < 1.29 is 13.2 Å². The Morgan fingerprint density at radius 1 is 1.40 bits per heavy atom. The summed E-state index contributed by atoms with van der Waals surface area (Å²) in [5.41, 5.74) is -0.597. The molecular weight excluding hydrogens is 324 g/mol. The zero-order valence-corrected chi connectivity index (χ0v) is 13.2. The molecule has 2 N–H and O–H groups in total. The highest BCUT2D eigenvalue weighted by Gasteiger charge is 2.38. The number of hydrogen-bond acceptors (Lipinski definition) is 6. The van der Waals surface area contributed by atoms with Crippen molar-refractivity contribution in [1.82, 2.24) is 14.9 Å². The molecule has 1 saturated carbocycles. The van der Waals surface area contributed by atoms with Crippen LogP contribution in [0.1, 0.15) is 32.6 Å². The lowest BCUT2D eigenvalue weighted by atomic mass is 10.0.